The molecule has 0 radical (unpaired) electrons. The first kappa shape index (κ1) is 14.3. The first-order valence-electron chi connectivity index (χ1n) is 6.58. The molecule has 0 aliphatic heterocycles. The summed E-state index contributed by atoms with van der Waals surface area (Å²) in [7, 11) is 0. The zero-order chi connectivity index (χ0) is 14.8. The van der Waals surface area contributed by atoms with Crippen molar-refractivity contribution in [1.82, 2.24) is 0 Å². The molecule has 4 nitrogen and oxygen atoms in total. The molecule has 3 rings (SSSR count). The topological polar surface area (TPSA) is 58.2 Å². The molecule has 0 saturated heterocycles. The zero-order valence-corrected chi connectivity index (χ0v) is 13.5. The van der Waals surface area contributed by atoms with Gasteiger partial charge in [0.25, 0.3) is 5.91 Å². The average Bonchev–Trinajstić information content (AvgIpc) is 3.21. The third-order valence-corrected chi connectivity index (χ3v) is 4.67. The number of carbonyl (C=O) groups excluding carboxylic acids is 2. The van der Waals surface area contributed by atoms with Gasteiger partial charge in [-0.15, -0.1) is 11.3 Å². The molecule has 1 saturated carbocycles. The molecule has 1 heterocycles. The second-order valence-electron chi connectivity index (χ2n) is 4.94. The summed E-state index contributed by atoms with van der Waals surface area (Å²) in [5.41, 5.74) is 1.98. The third-order valence-electron chi connectivity index (χ3n) is 3.17. The molecule has 0 unspecified atom stereocenters. The maximum atomic E-state index is 12.1. The largest absolute Gasteiger partial charge is 0.326 e. The Kier molecular flexibility index (Phi) is 4.07. The quantitative estimate of drug-likeness (QED) is 0.857. The van der Waals surface area contributed by atoms with Gasteiger partial charge in [0.1, 0.15) is 0 Å². The number of anilines is 2. The molecule has 0 bridgehead atoms. The van der Waals surface area contributed by atoms with E-state index in [2.05, 4.69) is 26.6 Å². The van der Waals surface area contributed by atoms with Crippen LogP contribution in [0.5, 0.6) is 0 Å². The van der Waals surface area contributed by atoms with Gasteiger partial charge in [-0.3, -0.25) is 9.59 Å². The second kappa shape index (κ2) is 5.99. The first-order chi connectivity index (χ1) is 10.1. The Balaban J connectivity index is 1.67. The van der Waals surface area contributed by atoms with Crippen LogP contribution in [0, 0.1) is 5.92 Å². The van der Waals surface area contributed by atoms with E-state index < -0.39 is 0 Å². The summed E-state index contributed by atoms with van der Waals surface area (Å²) in [6.45, 7) is 0. The Morgan fingerprint density at radius 1 is 1.14 bits per heavy atom. The van der Waals surface area contributed by atoms with Crippen LogP contribution in [0.2, 0.25) is 0 Å². The molecule has 1 fully saturated rings. The summed E-state index contributed by atoms with van der Waals surface area (Å²) in [4.78, 5) is 23.8. The summed E-state index contributed by atoms with van der Waals surface area (Å²) in [5.74, 6) is 0.0502. The minimum Gasteiger partial charge on any atom is -0.326 e. The molecule has 2 aromatic rings. The van der Waals surface area contributed by atoms with E-state index in [9.17, 15) is 9.59 Å². The van der Waals surface area contributed by atoms with E-state index in [1.807, 2.05) is 12.1 Å². The second-order valence-corrected chi connectivity index (χ2v) is 7.23. The summed E-state index contributed by atoms with van der Waals surface area (Å²) < 4.78 is 0.915. The molecule has 1 aromatic carbocycles. The molecular formula is C15H13BrN2O2S. The van der Waals surface area contributed by atoms with Crippen LogP contribution in [-0.4, -0.2) is 11.8 Å². The van der Waals surface area contributed by atoms with E-state index >= 15 is 0 Å². The van der Waals surface area contributed by atoms with E-state index in [-0.39, 0.29) is 17.7 Å². The highest BCUT2D eigenvalue weighted by Crippen LogP contribution is 2.30. The van der Waals surface area contributed by atoms with Crippen molar-refractivity contribution >= 4 is 50.5 Å². The van der Waals surface area contributed by atoms with Gasteiger partial charge < -0.3 is 10.6 Å². The van der Waals surface area contributed by atoms with Crippen molar-refractivity contribution in [1.29, 1.82) is 0 Å². The number of amides is 2. The monoisotopic (exact) mass is 364 g/mol. The van der Waals surface area contributed by atoms with Crippen molar-refractivity contribution in [3.63, 3.8) is 0 Å². The summed E-state index contributed by atoms with van der Waals surface area (Å²) in [5, 5.41) is 7.48. The van der Waals surface area contributed by atoms with Gasteiger partial charge in [0.05, 0.1) is 9.35 Å². The van der Waals surface area contributed by atoms with Gasteiger partial charge in [0.15, 0.2) is 0 Å². The molecule has 6 heteroatoms. The number of carbonyl (C=O) groups is 2. The Morgan fingerprint density at radius 3 is 2.48 bits per heavy atom. The van der Waals surface area contributed by atoms with E-state index in [4.69, 9.17) is 0 Å². The van der Waals surface area contributed by atoms with Crippen LogP contribution in [0.1, 0.15) is 23.2 Å². The molecule has 21 heavy (non-hydrogen) atoms. The van der Waals surface area contributed by atoms with Crippen LogP contribution >= 0.6 is 27.3 Å². The lowest BCUT2D eigenvalue weighted by Crippen LogP contribution is -2.14. The number of thiophene rings is 1. The first-order valence-corrected chi connectivity index (χ1v) is 8.25. The van der Waals surface area contributed by atoms with Crippen LogP contribution in [0.4, 0.5) is 11.4 Å². The van der Waals surface area contributed by atoms with Crippen molar-refractivity contribution in [2.45, 2.75) is 12.8 Å². The predicted molar refractivity (Wildman–Crippen MR) is 87.8 cm³/mol. The molecule has 2 N–H and O–H groups in total. The number of rotatable bonds is 4. The Labute approximate surface area is 134 Å². The Hall–Kier alpha value is -1.66. The Morgan fingerprint density at radius 2 is 1.86 bits per heavy atom. The normalized spacial score (nSPS) is 13.8. The number of benzene rings is 1. The van der Waals surface area contributed by atoms with Crippen LogP contribution in [0.15, 0.2) is 39.5 Å². The lowest BCUT2D eigenvalue weighted by Gasteiger charge is -2.08. The highest BCUT2D eigenvalue weighted by Gasteiger charge is 2.29. The van der Waals surface area contributed by atoms with Crippen molar-refractivity contribution in [2.24, 2.45) is 5.92 Å². The van der Waals surface area contributed by atoms with Gasteiger partial charge >= 0.3 is 0 Å². The minimum atomic E-state index is -0.164. The van der Waals surface area contributed by atoms with Gasteiger partial charge in [0, 0.05) is 22.7 Å². The maximum absolute atomic E-state index is 12.1. The number of halogens is 1. The van der Waals surface area contributed by atoms with Crippen LogP contribution in [0.25, 0.3) is 0 Å². The van der Waals surface area contributed by atoms with Crippen molar-refractivity contribution < 1.29 is 9.59 Å². The fraction of sp³-hybridized carbons (Fsp3) is 0.200. The van der Waals surface area contributed by atoms with Gasteiger partial charge in [-0.1, -0.05) is 6.07 Å². The fourth-order valence-corrected chi connectivity index (χ4v) is 3.03. The van der Waals surface area contributed by atoms with Gasteiger partial charge in [0.2, 0.25) is 5.91 Å². The van der Waals surface area contributed by atoms with E-state index in [0.717, 1.165) is 16.6 Å². The van der Waals surface area contributed by atoms with E-state index in [0.29, 0.717) is 16.9 Å². The van der Waals surface area contributed by atoms with E-state index in [1.165, 1.54) is 11.3 Å². The van der Waals surface area contributed by atoms with Crippen LogP contribution in [0.3, 0.4) is 0 Å². The third kappa shape index (κ3) is 3.71. The lowest BCUT2D eigenvalue weighted by molar-refractivity contribution is -0.117. The van der Waals surface area contributed by atoms with Gasteiger partial charge in [-0.25, -0.2) is 0 Å². The van der Waals surface area contributed by atoms with Gasteiger partial charge in [-0.2, -0.15) is 0 Å². The molecule has 2 amide bonds. The molecular weight excluding hydrogens is 352 g/mol. The van der Waals surface area contributed by atoms with Crippen LogP contribution < -0.4 is 10.6 Å². The van der Waals surface area contributed by atoms with Crippen LogP contribution in [-0.2, 0) is 4.79 Å². The van der Waals surface area contributed by atoms with E-state index in [1.54, 1.807) is 23.6 Å². The van der Waals surface area contributed by atoms with Gasteiger partial charge in [-0.05, 0) is 53.0 Å². The number of hydrogen-bond donors (Lipinski definition) is 2. The zero-order valence-electron chi connectivity index (χ0n) is 11.1. The summed E-state index contributed by atoms with van der Waals surface area (Å²) in [6, 6.07) is 8.96. The van der Waals surface area contributed by atoms with Crippen molar-refractivity contribution in [3.05, 3.63) is 45.1 Å². The molecule has 0 spiro atoms. The number of nitrogens with one attached hydrogen (secondary N) is 2. The summed E-state index contributed by atoms with van der Waals surface area (Å²) in [6.07, 6.45) is 1.94. The summed E-state index contributed by atoms with van der Waals surface area (Å²) >= 11 is 4.80. The molecule has 1 aliphatic carbocycles. The van der Waals surface area contributed by atoms with Crippen molar-refractivity contribution in [2.75, 3.05) is 10.6 Å². The lowest BCUT2D eigenvalue weighted by atomic mass is 10.2. The Bertz CT molecular complexity index is 694. The molecule has 1 aromatic heterocycles. The highest BCUT2D eigenvalue weighted by molar-refractivity contribution is 9.11. The SMILES string of the molecule is O=C(Nc1cccc(NC(=O)C2CC2)c1)c1csc(Br)c1. The standard InChI is InChI=1S/C15H13BrN2O2S/c16-13-6-10(8-21-13)15(20)18-12-3-1-2-11(7-12)17-14(19)9-4-5-9/h1-3,6-9H,4-5H2,(H,17,19)(H,18,20). The molecule has 108 valence electrons. The smallest absolute Gasteiger partial charge is 0.256 e. The highest BCUT2D eigenvalue weighted by atomic mass is 79.9. The minimum absolute atomic E-state index is 0.0558. The molecule has 0 atom stereocenters. The molecule has 1 aliphatic rings. The fourth-order valence-electron chi connectivity index (χ4n) is 1.90. The maximum Gasteiger partial charge on any atom is 0.256 e. The predicted octanol–water partition coefficient (Wildman–Crippen LogP) is 4.11. The van der Waals surface area contributed by atoms with Crippen molar-refractivity contribution in [3.8, 4) is 0 Å². The average molecular weight is 365 g/mol. The number of hydrogen-bond acceptors (Lipinski definition) is 3.